The van der Waals surface area contributed by atoms with Crippen LogP contribution in [0.1, 0.15) is 0 Å². The molecule has 0 rings (SSSR count). The Hall–Kier alpha value is -0.672. The van der Waals surface area contributed by atoms with Gasteiger partial charge in [0.1, 0.15) is 0 Å². The van der Waals surface area contributed by atoms with Crippen molar-refractivity contribution in [2.24, 2.45) is 10.7 Å². The van der Waals surface area contributed by atoms with E-state index in [1.54, 1.807) is 0 Å². The van der Waals surface area contributed by atoms with Crippen molar-refractivity contribution in [3.8, 4) is 0 Å². The van der Waals surface area contributed by atoms with Crippen LogP contribution in [0.4, 0.5) is 0 Å². The van der Waals surface area contributed by atoms with E-state index < -0.39 is 0 Å². The van der Waals surface area contributed by atoms with Gasteiger partial charge >= 0.3 is 21.1 Å². The van der Waals surface area contributed by atoms with Crippen LogP contribution in [0.2, 0.25) is 0 Å². The monoisotopic (exact) mass is 351 g/mol. The molecule has 0 unspecified atom stereocenters. The second-order valence-electron chi connectivity index (χ2n) is 0.149. The van der Waals surface area contributed by atoms with Crippen molar-refractivity contribution in [2.45, 2.75) is 0 Å². The van der Waals surface area contributed by atoms with Gasteiger partial charge in [-0.25, -0.2) is 0 Å². The molecule has 0 aromatic heterocycles. The Kier molecular flexibility index (Phi) is 2700. The maximum atomic E-state index is 8.00. The quantitative estimate of drug-likeness (QED) is 0.470. The molecule has 74 valence electrons. The van der Waals surface area contributed by atoms with Gasteiger partial charge < -0.3 is 44.8 Å². The maximum absolute atomic E-state index is 8.00. The van der Waals surface area contributed by atoms with Gasteiger partial charge in [0.05, 0.1) is 0 Å². The van der Waals surface area contributed by atoms with Crippen LogP contribution in [-0.2, 0) is 21.1 Å². The Morgan fingerprint density at radius 1 is 0.727 bits per heavy atom. The summed E-state index contributed by atoms with van der Waals surface area (Å²) < 4.78 is 0. The first kappa shape index (κ1) is 81.1. The molecule has 0 aliphatic carbocycles. The molecule has 10 nitrogen and oxygen atoms in total. The zero-order valence-electron chi connectivity index (χ0n) is 5.15. The normalized spacial score (nSPS) is 2.18. The molecule has 0 aromatic carbocycles. The minimum absolute atomic E-state index is 0. The molecule has 0 aliphatic rings. The molecule has 0 heterocycles. The Bertz CT molecular complexity index is 35.6. The third-order valence-corrected chi connectivity index (χ3v) is 0. The Balaban J connectivity index is -0.00000000400. The van der Waals surface area contributed by atoms with Crippen molar-refractivity contribution < 1.29 is 21.1 Å². The molecule has 0 amide bonds. The molecule has 8 N–H and O–H groups in total. The standard InChI is InChI=1S/2HNO2.4H2N.Pt/c2*2-1-3;;;;;/h2*(H,2,3);4*1H2;/q;;4*-1;+4/p-2. The van der Waals surface area contributed by atoms with Gasteiger partial charge in [0.15, 0.2) is 0 Å². The summed E-state index contributed by atoms with van der Waals surface area (Å²) in [5, 5.41) is 18.0. The van der Waals surface area contributed by atoms with E-state index in [1.165, 1.54) is 0 Å². The maximum Gasteiger partial charge on any atom is 4.00 e. The number of hydrogen-bond acceptors (Lipinski definition) is 6. The number of hydrogen-bond donors (Lipinski definition) is 0. The molecule has 0 saturated carbocycles. The first-order valence-electron chi connectivity index (χ1n) is 0.730. The fraction of sp³-hybridized carbons (Fsp3) is 0. The molecule has 11 heteroatoms. The molecule has 0 atom stereocenters. The second-order valence-corrected chi connectivity index (χ2v) is 0.149. The number of nitrogens with two attached hydrogens (primary N) is 4. The summed E-state index contributed by atoms with van der Waals surface area (Å²) in [6.07, 6.45) is 0. The third-order valence-electron chi connectivity index (χ3n) is 0. The topological polar surface area (TPSA) is 239 Å². The molecule has 11 heavy (non-hydrogen) atoms. The zero-order valence-corrected chi connectivity index (χ0v) is 7.43. The van der Waals surface area contributed by atoms with Gasteiger partial charge in [-0.2, -0.15) is 0 Å². The van der Waals surface area contributed by atoms with Crippen LogP contribution < -0.4 is 0 Å². The molecule has 0 fully saturated rings. The summed E-state index contributed by atoms with van der Waals surface area (Å²) in [6, 6.07) is 0. The van der Waals surface area contributed by atoms with Crippen LogP contribution in [0.5, 0.6) is 0 Å². The summed E-state index contributed by atoms with van der Waals surface area (Å²) in [4.78, 5) is 16.0. The van der Waals surface area contributed by atoms with Crippen LogP contribution in [0.15, 0.2) is 10.7 Å². The van der Waals surface area contributed by atoms with E-state index in [0.717, 1.165) is 10.7 Å². The molecule has 0 saturated heterocycles. The van der Waals surface area contributed by atoms with E-state index >= 15 is 0 Å². The van der Waals surface area contributed by atoms with Gasteiger partial charge in [-0.15, -0.1) is 10.7 Å². The van der Waals surface area contributed by atoms with E-state index in [0.29, 0.717) is 0 Å². The van der Waals surface area contributed by atoms with E-state index in [4.69, 9.17) is 20.2 Å². The van der Waals surface area contributed by atoms with Crippen molar-refractivity contribution in [2.75, 3.05) is 0 Å². The summed E-state index contributed by atoms with van der Waals surface area (Å²) in [5.41, 5.74) is 0. The number of nitrogens with zero attached hydrogens (tertiary/aromatic N) is 2. The van der Waals surface area contributed by atoms with Crippen LogP contribution in [0.25, 0.3) is 24.6 Å². The SMILES string of the molecule is O=N[O-].O=N[O-].[NH2-].[NH2-].[NH2-].[NH2-].[Pt+4]. The molecule has 0 aromatic rings. The van der Waals surface area contributed by atoms with Crippen LogP contribution in [0, 0.1) is 20.2 Å². The smallest absolute Gasteiger partial charge is 0.693 e. The van der Waals surface area contributed by atoms with E-state index in [2.05, 4.69) is 0 Å². The van der Waals surface area contributed by atoms with Crippen molar-refractivity contribution in [3.63, 3.8) is 0 Å². The van der Waals surface area contributed by atoms with Crippen LogP contribution >= 0.6 is 0 Å². The zero-order chi connectivity index (χ0) is 5.41. The minimum atomic E-state index is 0. The van der Waals surface area contributed by atoms with Crippen molar-refractivity contribution in [3.05, 3.63) is 44.8 Å². The molecule has 0 spiro atoms. The van der Waals surface area contributed by atoms with Crippen molar-refractivity contribution in [1.29, 1.82) is 0 Å². The molecule has 0 aliphatic heterocycles. The van der Waals surface area contributed by atoms with Gasteiger partial charge in [-0.1, -0.05) is 0 Å². The van der Waals surface area contributed by atoms with Gasteiger partial charge in [0, 0.05) is 0 Å². The van der Waals surface area contributed by atoms with Crippen molar-refractivity contribution in [1.82, 2.24) is 0 Å². The fourth-order valence-corrected chi connectivity index (χ4v) is 0. The molecule has 0 bridgehead atoms. The van der Waals surface area contributed by atoms with Crippen LogP contribution in [-0.4, -0.2) is 0 Å². The van der Waals surface area contributed by atoms with Gasteiger partial charge in [-0.3, -0.25) is 0 Å². The summed E-state index contributed by atoms with van der Waals surface area (Å²) in [6.45, 7) is 0. The van der Waals surface area contributed by atoms with E-state index in [1.807, 2.05) is 0 Å². The molecular formula is H8N6O4Pt-2. The average Bonchev–Trinajstić information content (AvgIpc) is 1.39. The Morgan fingerprint density at radius 2 is 0.727 bits per heavy atom. The van der Waals surface area contributed by atoms with Gasteiger partial charge in [0.2, 0.25) is 0 Å². The van der Waals surface area contributed by atoms with Crippen molar-refractivity contribution >= 4 is 0 Å². The van der Waals surface area contributed by atoms with Gasteiger partial charge in [0.25, 0.3) is 0 Å². The number of rotatable bonds is 0. The summed E-state index contributed by atoms with van der Waals surface area (Å²) >= 11 is 0. The minimum Gasteiger partial charge on any atom is -0.693 e. The van der Waals surface area contributed by atoms with E-state index in [9.17, 15) is 0 Å². The Labute approximate surface area is 77.2 Å². The van der Waals surface area contributed by atoms with Crippen LogP contribution in [0.3, 0.4) is 0 Å². The third kappa shape index (κ3) is 1110. The Morgan fingerprint density at radius 3 is 0.727 bits per heavy atom. The summed E-state index contributed by atoms with van der Waals surface area (Å²) in [5.74, 6) is 0. The van der Waals surface area contributed by atoms with E-state index in [-0.39, 0.29) is 45.7 Å². The predicted octanol–water partition coefficient (Wildman–Crippen LogP) is 3.37. The van der Waals surface area contributed by atoms with Gasteiger partial charge in [-0.05, 0) is 0 Å². The first-order valence-corrected chi connectivity index (χ1v) is 0.730. The molecular weight excluding hydrogens is 343 g/mol. The largest absolute Gasteiger partial charge is 4.00 e. The first-order chi connectivity index (χ1) is 2.83. The fourth-order valence-electron chi connectivity index (χ4n) is 0. The second kappa shape index (κ2) is 367. The summed E-state index contributed by atoms with van der Waals surface area (Å²) in [7, 11) is 0. The predicted molar refractivity (Wildman–Crippen MR) is 39.5 cm³/mol. The average molecular weight is 351 g/mol. The molecule has 0 radical (unpaired) electrons.